The minimum atomic E-state index is -0.593. The van der Waals surface area contributed by atoms with Crippen molar-refractivity contribution in [2.75, 3.05) is 6.54 Å². The van der Waals surface area contributed by atoms with Crippen molar-refractivity contribution in [1.29, 1.82) is 0 Å². The molecule has 0 spiro atoms. The molecular weight excluding hydrogens is 210 g/mol. The zero-order valence-electron chi connectivity index (χ0n) is 8.95. The van der Waals surface area contributed by atoms with E-state index in [1.54, 1.807) is 13.0 Å². The molecule has 0 bridgehead atoms. The number of hydrogen-bond donors (Lipinski definition) is 2. The molecule has 0 unspecified atom stereocenters. The fourth-order valence-corrected chi connectivity index (χ4v) is 1.13. The van der Waals surface area contributed by atoms with Gasteiger partial charge in [0.15, 0.2) is 0 Å². The number of nitrogens with zero attached hydrogens (tertiary/aromatic N) is 1. The smallest absolute Gasteiger partial charge is 0.328 e. The fourth-order valence-electron chi connectivity index (χ4n) is 1.13. The zero-order valence-corrected chi connectivity index (χ0v) is 8.95. The lowest BCUT2D eigenvalue weighted by Crippen LogP contribution is -2.36. The van der Waals surface area contributed by atoms with Crippen molar-refractivity contribution in [2.24, 2.45) is 0 Å². The molecule has 2 N–H and O–H groups in total. The number of aromatic nitrogens is 2. The van der Waals surface area contributed by atoms with Crippen LogP contribution in [0.4, 0.5) is 0 Å². The predicted octanol–water partition coefficient (Wildman–Crippen LogP) is -0.853. The van der Waals surface area contributed by atoms with Gasteiger partial charge in [-0.3, -0.25) is 19.1 Å². The summed E-state index contributed by atoms with van der Waals surface area (Å²) in [5.74, 6) is -0.312. The Kier molecular flexibility index (Phi) is 3.82. The molecule has 6 nitrogen and oxygen atoms in total. The van der Waals surface area contributed by atoms with Crippen molar-refractivity contribution < 1.29 is 4.79 Å². The van der Waals surface area contributed by atoms with Crippen LogP contribution in [0.15, 0.2) is 28.4 Å². The Hall–Kier alpha value is -2.11. The van der Waals surface area contributed by atoms with Gasteiger partial charge in [-0.2, -0.15) is 0 Å². The molecule has 0 fully saturated rings. The molecular formula is C10H13N3O3. The maximum absolute atomic E-state index is 11.3. The van der Waals surface area contributed by atoms with Crippen LogP contribution in [0.3, 0.4) is 0 Å². The Labute approximate surface area is 91.6 Å². The predicted molar refractivity (Wildman–Crippen MR) is 59.3 cm³/mol. The number of aryl methyl sites for hydroxylation is 1. The second-order valence-corrected chi connectivity index (χ2v) is 3.29. The van der Waals surface area contributed by atoms with E-state index in [4.69, 9.17) is 0 Å². The van der Waals surface area contributed by atoms with E-state index < -0.39 is 11.2 Å². The van der Waals surface area contributed by atoms with Gasteiger partial charge in [0.25, 0.3) is 5.56 Å². The quantitative estimate of drug-likeness (QED) is 0.652. The minimum absolute atomic E-state index is 0.121. The number of carbonyl (C=O) groups excluding carboxylic acids is 1. The Bertz CT molecular complexity index is 513. The molecule has 0 saturated heterocycles. The maximum Gasteiger partial charge on any atom is 0.328 e. The Morgan fingerprint density at radius 2 is 2.31 bits per heavy atom. The van der Waals surface area contributed by atoms with Crippen LogP contribution in [0.25, 0.3) is 0 Å². The number of hydrogen-bond acceptors (Lipinski definition) is 3. The number of carbonyl (C=O) groups is 1. The molecule has 1 amide bonds. The summed E-state index contributed by atoms with van der Waals surface area (Å²) in [6, 6.07) is 0. The van der Waals surface area contributed by atoms with Crippen LogP contribution in [0, 0.1) is 6.92 Å². The van der Waals surface area contributed by atoms with Gasteiger partial charge in [0.1, 0.15) is 6.54 Å². The number of aromatic amines is 1. The Morgan fingerprint density at radius 3 is 2.94 bits per heavy atom. The molecule has 1 heterocycles. The monoisotopic (exact) mass is 223 g/mol. The van der Waals surface area contributed by atoms with Crippen molar-refractivity contribution >= 4 is 5.91 Å². The summed E-state index contributed by atoms with van der Waals surface area (Å²) < 4.78 is 1.15. The third-order valence-corrected chi connectivity index (χ3v) is 1.95. The van der Waals surface area contributed by atoms with Gasteiger partial charge in [0.05, 0.1) is 0 Å². The van der Waals surface area contributed by atoms with E-state index in [0.717, 1.165) is 4.57 Å². The molecule has 86 valence electrons. The van der Waals surface area contributed by atoms with E-state index in [1.807, 2.05) is 0 Å². The lowest BCUT2D eigenvalue weighted by atomic mass is 10.4. The summed E-state index contributed by atoms with van der Waals surface area (Å²) in [4.78, 5) is 35.8. The third-order valence-electron chi connectivity index (χ3n) is 1.95. The van der Waals surface area contributed by atoms with Gasteiger partial charge < -0.3 is 5.32 Å². The van der Waals surface area contributed by atoms with Crippen LogP contribution in [0.2, 0.25) is 0 Å². The molecule has 1 aromatic rings. The molecule has 1 rings (SSSR count). The van der Waals surface area contributed by atoms with Crippen LogP contribution < -0.4 is 16.6 Å². The molecule has 0 aromatic carbocycles. The van der Waals surface area contributed by atoms with E-state index in [1.165, 1.54) is 6.20 Å². The summed E-state index contributed by atoms with van der Waals surface area (Å²) in [6.07, 6.45) is 2.90. The number of rotatable bonds is 4. The van der Waals surface area contributed by atoms with Gasteiger partial charge in [-0.15, -0.1) is 6.58 Å². The van der Waals surface area contributed by atoms with Crippen LogP contribution in [0.5, 0.6) is 0 Å². The molecule has 0 aliphatic carbocycles. The van der Waals surface area contributed by atoms with Gasteiger partial charge in [0, 0.05) is 18.3 Å². The van der Waals surface area contributed by atoms with Crippen molar-refractivity contribution in [1.82, 2.24) is 14.9 Å². The van der Waals surface area contributed by atoms with Gasteiger partial charge in [-0.25, -0.2) is 4.79 Å². The van der Waals surface area contributed by atoms with Crippen LogP contribution >= 0.6 is 0 Å². The molecule has 16 heavy (non-hydrogen) atoms. The molecule has 0 atom stereocenters. The molecule has 0 aliphatic rings. The lowest BCUT2D eigenvalue weighted by molar-refractivity contribution is -0.121. The first-order chi connectivity index (χ1) is 7.54. The van der Waals surface area contributed by atoms with Crippen molar-refractivity contribution in [3.05, 3.63) is 45.3 Å². The lowest BCUT2D eigenvalue weighted by Gasteiger charge is -2.05. The first kappa shape index (κ1) is 12.0. The SMILES string of the molecule is C=CCNC(=O)Cn1cc(C)c(=O)[nH]c1=O. The highest BCUT2D eigenvalue weighted by atomic mass is 16.2. The normalized spacial score (nSPS) is 9.81. The van der Waals surface area contributed by atoms with E-state index in [0.29, 0.717) is 12.1 Å². The van der Waals surface area contributed by atoms with Gasteiger partial charge in [-0.05, 0) is 6.92 Å². The first-order valence-corrected chi connectivity index (χ1v) is 4.72. The Morgan fingerprint density at radius 1 is 1.62 bits per heavy atom. The molecule has 0 aliphatic heterocycles. The summed E-state index contributed by atoms with van der Waals surface area (Å²) in [5, 5.41) is 2.53. The average molecular weight is 223 g/mol. The van der Waals surface area contributed by atoms with Crippen molar-refractivity contribution in [2.45, 2.75) is 13.5 Å². The standard InChI is InChI=1S/C10H13N3O3/c1-3-4-11-8(14)6-13-5-7(2)9(15)12-10(13)16/h3,5H,1,4,6H2,2H3,(H,11,14)(H,12,15,16). The van der Waals surface area contributed by atoms with Crippen LogP contribution in [0.1, 0.15) is 5.56 Å². The maximum atomic E-state index is 11.3. The average Bonchev–Trinajstić information content (AvgIpc) is 2.23. The third kappa shape index (κ3) is 2.94. The summed E-state index contributed by atoms with van der Waals surface area (Å²) in [5.41, 5.74) is -0.645. The summed E-state index contributed by atoms with van der Waals surface area (Å²) in [7, 11) is 0. The number of amides is 1. The highest BCUT2D eigenvalue weighted by Crippen LogP contribution is 1.84. The number of H-pyrrole nitrogens is 1. The highest BCUT2D eigenvalue weighted by molar-refractivity contribution is 5.75. The van der Waals surface area contributed by atoms with Gasteiger partial charge >= 0.3 is 5.69 Å². The summed E-state index contributed by atoms with van der Waals surface area (Å²) in [6.45, 7) is 5.24. The van der Waals surface area contributed by atoms with Gasteiger partial charge in [-0.1, -0.05) is 6.08 Å². The zero-order chi connectivity index (χ0) is 12.1. The number of nitrogens with one attached hydrogen (secondary N) is 2. The van der Waals surface area contributed by atoms with Crippen LogP contribution in [-0.4, -0.2) is 22.0 Å². The van der Waals surface area contributed by atoms with E-state index >= 15 is 0 Å². The minimum Gasteiger partial charge on any atom is -0.351 e. The van der Waals surface area contributed by atoms with Crippen molar-refractivity contribution in [3.63, 3.8) is 0 Å². The molecule has 6 heteroatoms. The highest BCUT2D eigenvalue weighted by Gasteiger charge is 2.05. The topological polar surface area (TPSA) is 84.0 Å². The van der Waals surface area contributed by atoms with Gasteiger partial charge in [0.2, 0.25) is 5.91 Å². The van der Waals surface area contributed by atoms with Crippen molar-refractivity contribution in [3.8, 4) is 0 Å². The molecule has 1 aromatic heterocycles. The fraction of sp³-hybridized carbons (Fsp3) is 0.300. The molecule has 0 saturated carbocycles. The van der Waals surface area contributed by atoms with E-state index in [-0.39, 0.29) is 12.5 Å². The largest absolute Gasteiger partial charge is 0.351 e. The first-order valence-electron chi connectivity index (χ1n) is 4.72. The van der Waals surface area contributed by atoms with E-state index in [2.05, 4.69) is 16.9 Å². The molecule has 0 radical (unpaired) electrons. The second-order valence-electron chi connectivity index (χ2n) is 3.29. The second kappa shape index (κ2) is 5.11. The summed E-state index contributed by atoms with van der Waals surface area (Å²) >= 11 is 0. The Balaban J connectivity index is 2.86. The van der Waals surface area contributed by atoms with E-state index in [9.17, 15) is 14.4 Å². The van der Waals surface area contributed by atoms with Crippen LogP contribution in [-0.2, 0) is 11.3 Å².